The SMILES string of the molecule is Nc1cccc(-c2cn3c(n2)CC(O)CC3)c1. The first-order chi connectivity index (χ1) is 8.22. The first-order valence-corrected chi connectivity index (χ1v) is 5.82. The van der Waals surface area contributed by atoms with Crippen LogP contribution in [0, 0.1) is 0 Å². The molecule has 88 valence electrons. The van der Waals surface area contributed by atoms with Crippen LogP contribution in [0.1, 0.15) is 12.2 Å². The van der Waals surface area contributed by atoms with E-state index in [0.29, 0.717) is 6.42 Å². The molecule has 0 spiro atoms. The number of hydrogen-bond acceptors (Lipinski definition) is 3. The Balaban J connectivity index is 2.00. The Labute approximate surface area is 99.7 Å². The van der Waals surface area contributed by atoms with Crippen LogP contribution in [-0.2, 0) is 13.0 Å². The molecular formula is C13H15N3O. The first-order valence-electron chi connectivity index (χ1n) is 5.82. The van der Waals surface area contributed by atoms with Crippen LogP contribution in [0.4, 0.5) is 5.69 Å². The number of rotatable bonds is 1. The molecule has 0 aliphatic carbocycles. The molecule has 4 nitrogen and oxygen atoms in total. The van der Waals surface area contributed by atoms with Crippen molar-refractivity contribution >= 4 is 5.69 Å². The molecule has 1 atom stereocenters. The summed E-state index contributed by atoms with van der Waals surface area (Å²) in [5.74, 6) is 0.959. The molecule has 0 saturated carbocycles. The van der Waals surface area contributed by atoms with Crippen molar-refractivity contribution in [3.8, 4) is 11.3 Å². The molecule has 1 aliphatic heterocycles. The number of nitrogens with zero attached hydrogens (tertiary/aromatic N) is 2. The summed E-state index contributed by atoms with van der Waals surface area (Å²) in [6.07, 6.45) is 3.23. The van der Waals surface area contributed by atoms with Crippen molar-refractivity contribution in [2.75, 3.05) is 5.73 Å². The predicted octanol–water partition coefficient (Wildman–Crippen LogP) is 1.44. The van der Waals surface area contributed by atoms with Crippen LogP contribution >= 0.6 is 0 Å². The minimum absolute atomic E-state index is 0.251. The van der Waals surface area contributed by atoms with Gasteiger partial charge in [0.1, 0.15) is 5.82 Å². The smallest absolute Gasteiger partial charge is 0.112 e. The summed E-state index contributed by atoms with van der Waals surface area (Å²) in [5.41, 5.74) is 8.47. The maximum Gasteiger partial charge on any atom is 0.112 e. The second-order valence-electron chi connectivity index (χ2n) is 4.51. The minimum atomic E-state index is -0.251. The lowest BCUT2D eigenvalue weighted by Gasteiger charge is -2.18. The van der Waals surface area contributed by atoms with E-state index in [2.05, 4.69) is 9.55 Å². The predicted molar refractivity (Wildman–Crippen MR) is 66.4 cm³/mol. The second kappa shape index (κ2) is 3.89. The van der Waals surface area contributed by atoms with Crippen molar-refractivity contribution < 1.29 is 5.11 Å². The molecule has 3 rings (SSSR count). The number of hydrogen-bond donors (Lipinski definition) is 2. The molecule has 1 aromatic carbocycles. The molecule has 0 amide bonds. The normalized spacial score (nSPS) is 19.0. The molecule has 1 unspecified atom stereocenters. The Bertz CT molecular complexity index is 547. The quantitative estimate of drug-likeness (QED) is 0.727. The van der Waals surface area contributed by atoms with Crippen molar-refractivity contribution in [3.63, 3.8) is 0 Å². The Hall–Kier alpha value is -1.81. The van der Waals surface area contributed by atoms with Crippen LogP contribution in [0.15, 0.2) is 30.5 Å². The number of nitrogens with two attached hydrogens (primary N) is 1. The fraction of sp³-hybridized carbons (Fsp3) is 0.308. The lowest BCUT2D eigenvalue weighted by Crippen LogP contribution is -2.22. The van der Waals surface area contributed by atoms with Crippen molar-refractivity contribution in [2.45, 2.75) is 25.5 Å². The maximum absolute atomic E-state index is 9.61. The van der Waals surface area contributed by atoms with Gasteiger partial charge in [-0.25, -0.2) is 4.98 Å². The molecule has 0 saturated heterocycles. The van der Waals surface area contributed by atoms with Gasteiger partial charge < -0.3 is 15.4 Å². The fourth-order valence-corrected chi connectivity index (χ4v) is 2.25. The van der Waals surface area contributed by atoms with E-state index >= 15 is 0 Å². The molecular weight excluding hydrogens is 214 g/mol. The van der Waals surface area contributed by atoms with Gasteiger partial charge in [-0.1, -0.05) is 12.1 Å². The van der Waals surface area contributed by atoms with E-state index < -0.39 is 0 Å². The largest absolute Gasteiger partial charge is 0.399 e. The molecule has 2 aromatic rings. The van der Waals surface area contributed by atoms with Gasteiger partial charge in [-0.05, 0) is 18.6 Å². The van der Waals surface area contributed by atoms with Crippen molar-refractivity contribution in [2.24, 2.45) is 0 Å². The first kappa shape index (κ1) is 10.4. The Morgan fingerprint density at radius 2 is 2.29 bits per heavy atom. The van der Waals surface area contributed by atoms with Gasteiger partial charge in [0.25, 0.3) is 0 Å². The van der Waals surface area contributed by atoms with Crippen molar-refractivity contribution in [3.05, 3.63) is 36.3 Å². The topological polar surface area (TPSA) is 64.1 Å². The molecule has 0 radical (unpaired) electrons. The number of benzene rings is 1. The maximum atomic E-state index is 9.61. The monoisotopic (exact) mass is 229 g/mol. The van der Waals surface area contributed by atoms with E-state index in [1.165, 1.54) is 0 Å². The summed E-state index contributed by atoms with van der Waals surface area (Å²) < 4.78 is 2.12. The summed E-state index contributed by atoms with van der Waals surface area (Å²) in [5, 5.41) is 9.61. The zero-order valence-corrected chi connectivity index (χ0v) is 9.50. The molecule has 17 heavy (non-hydrogen) atoms. The third-order valence-electron chi connectivity index (χ3n) is 3.16. The van der Waals surface area contributed by atoms with Crippen molar-refractivity contribution in [1.29, 1.82) is 0 Å². The van der Waals surface area contributed by atoms with Gasteiger partial charge >= 0.3 is 0 Å². The number of aryl methyl sites for hydroxylation is 1. The second-order valence-corrected chi connectivity index (χ2v) is 4.51. The number of nitrogen functional groups attached to an aromatic ring is 1. The number of imidazole rings is 1. The molecule has 3 N–H and O–H groups in total. The van der Waals surface area contributed by atoms with E-state index in [1.807, 2.05) is 30.5 Å². The third kappa shape index (κ3) is 1.91. The molecule has 4 heteroatoms. The van der Waals surface area contributed by atoms with Crippen LogP contribution in [0.3, 0.4) is 0 Å². The van der Waals surface area contributed by atoms with Crippen molar-refractivity contribution in [1.82, 2.24) is 9.55 Å². The summed E-state index contributed by atoms with van der Waals surface area (Å²) in [4.78, 5) is 4.56. The molecule has 0 fully saturated rings. The lowest BCUT2D eigenvalue weighted by molar-refractivity contribution is 0.141. The number of aliphatic hydroxyl groups is 1. The molecule has 0 bridgehead atoms. The Kier molecular flexibility index (Phi) is 2.37. The minimum Gasteiger partial charge on any atom is -0.399 e. The zero-order chi connectivity index (χ0) is 11.8. The van der Waals surface area contributed by atoms with Gasteiger partial charge in [-0.2, -0.15) is 0 Å². The Morgan fingerprint density at radius 1 is 1.41 bits per heavy atom. The van der Waals surface area contributed by atoms with E-state index in [0.717, 1.165) is 35.7 Å². The highest BCUT2D eigenvalue weighted by molar-refractivity contribution is 5.63. The fourth-order valence-electron chi connectivity index (χ4n) is 2.25. The number of aromatic nitrogens is 2. The highest BCUT2D eigenvalue weighted by Gasteiger charge is 2.18. The van der Waals surface area contributed by atoms with Gasteiger partial charge in [-0.3, -0.25) is 0 Å². The summed E-state index contributed by atoms with van der Waals surface area (Å²) in [6.45, 7) is 0.839. The number of aliphatic hydroxyl groups excluding tert-OH is 1. The Morgan fingerprint density at radius 3 is 3.12 bits per heavy atom. The van der Waals surface area contributed by atoms with Gasteiger partial charge in [0.2, 0.25) is 0 Å². The average Bonchev–Trinajstić information content (AvgIpc) is 2.72. The van der Waals surface area contributed by atoms with Gasteiger partial charge in [0.05, 0.1) is 11.8 Å². The van der Waals surface area contributed by atoms with Crippen LogP contribution < -0.4 is 5.73 Å². The van der Waals surface area contributed by atoms with Crippen LogP contribution in [0.5, 0.6) is 0 Å². The zero-order valence-electron chi connectivity index (χ0n) is 9.50. The van der Waals surface area contributed by atoms with E-state index in [1.54, 1.807) is 0 Å². The highest BCUT2D eigenvalue weighted by Crippen LogP contribution is 2.23. The number of anilines is 1. The van der Waals surface area contributed by atoms with Crippen LogP contribution in [0.2, 0.25) is 0 Å². The molecule has 1 aliphatic rings. The van der Waals surface area contributed by atoms with E-state index in [-0.39, 0.29) is 6.10 Å². The van der Waals surface area contributed by atoms with Gasteiger partial charge in [0.15, 0.2) is 0 Å². The third-order valence-corrected chi connectivity index (χ3v) is 3.16. The van der Waals surface area contributed by atoms with Crippen LogP contribution in [-0.4, -0.2) is 20.8 Å². The van der Waals surface area contributed by atoms with Gasteiger partial charge in [0, 0.05) is 30.4 Å². The van der Waals surface area contributed by atoms with E-state index in [9.17, 15) is 5.11 Å². The average molecular weight is 229 g/mol. The van der Waals surface area contributed by atoms with E-state index in [4.69, 9.17) is 5.73 Å². The van der Waals surface area contributed by atoms with Crippen LogP contribution in [0.25, 0.3) is 11.3 Å². The summed E-state index contributed by atoms with van der Waals surface area (Å²) in [6, 6.07) is 7.72. The highest BCUT2D eigenvalue weighted by atomic mass is 16.3. The molecule has 2 heterocycles. The lowest BCUT2D eigenvalue weighted by atomic mass is 10.1. The number of fused-ring (bicyclic) bond motifs is 1. The summed E-state index contributed by atoms with van der Waals surface area (Å²) >= 11 is 0. The summed E-state index contributed by atoms with van der Waals surface area (Å²) in [7, 11) is 0. The van der Waals surface area contributed by atoms with Gasteiger partial charge in [-0.15, -0.1) is 0 Å². The standard InChI is InChI=1S/C13H15N3O/c14-10-3-1-2-9(6-10)12-8-16-5-4-11(17)7-13(16)15-12/h1-3,6,8,11,17H,4-5,7,14H2. The molecule has 1 aromatic heterocycles.